The fourth-order valence-corrected chi connectivity index (χ4v) is 8.72. The largest absolute Gasteiger partial charge is 0.457 e. The van der Waals surface area contributed by atoms with E-state index in [4.69, 9.17) is 9.72 Å². The molecule has 0 fully saturated rings. The molecule has 60 heavy (non-hydrogen) atoms. The van der Waals surface area contributed by atoms with E-state index in [2.05, 4.69) is 225 Å². The summed E-state index contributed by atoms with van der Waals surface area (Å²) < 4.78 is 9.00. The lowest BCUT2D eigenvalue weighted by Crippen LogP contribution is -2.25. The molecule has 0 unspecified atom stereocenters. The van der Waals surface area contributed by atoms with E-state index in [1.165, 1.54) is 38.9 Å². The molecule has 2 aromatic heterocycles. The molecule has 0 saturated carbocycles. The highest BCUT2D eigenvalue weighted by atomic mass is 16.5. The highest BCUT2D eigenvalue weighted by molar-refractivity contribution is 6.09. The number of pyridine rings is 1. The summed E-state index contributed by atoms with van der Waals surface area (Å²) in [5.74, 6) is 2.44. The zero-order valence-electron chi connectivity index (χ0n) is 34.8. The van der Waals surface area contributed by atoms with Crippen LogP contribution in [0, 0.1) is 0 Å². The Morgan fingerprint density at radius 3 is 1.90 bits per heavy atom. The van der Waals surface area contributed by atoms with Crippen LogP contribution in [0.3, 0.4) is 0 Å². The van der Waals surface area contributed by atoms with Crippen LogP contribution in [0.25, 0.3) is 38.8 Å². The Bertz CT molecular complexity index is 3010. The van der Waals surface area contributed by atoms with Crippen LogP contribution in [-0.4, -0.2) is 16.2 Å². The molecule has 9 aromatic rings. The molecule has 0 radical (unpaired) electrons. The summed E-state index contributed by atoms with van der Waals surface area (Å²) in [7, 11) is 0. The van der Waals surface area contributed by atoms with E-state index >= 15 is 0 Å². The molecule has 0 amide bonds. The molecule has 7 aromatic carbocycles. The SMILES string of the molecule is CC(C)(C)c1ccnc(-n2c3ccccc3c3ccc(Oc4cccc(N5CN(c6cc(-c7ccccc7)cc(C(C)(C)c7ccccc7)c6)c6ccccc65)c4)cc32)c1. The second-order valence-corrected chi connectivity index (χ2v) is 17.4. The van der Waals surface area contributed by atoms with Crippen LogP contribution >= 0.6 is 0 Å². The zero-order chi connectivity index (χ0) is 41.0. The van der Waals surface area contributed by atoms with Crippen molar-refractivity contribution in [1.29, 1.82) is 0 Å². The molecule has 1 aliphatic heterocycles. The Morgan fingerprint density at radius 2 is 1.13 bits per heavy atom. The minimum absolute atomic E-state index is 0.00293. The van der Waals surface area contributed by atoms with Gasteiger partial charge in [0, 0.05) is 45.9 Å². The van der Waals surface area contributed by atoms with Gasteiger partial charge in [-0.1, -0.05) is 138 Å². The third-order valence-electron chi connectivity index (χ3n) is 12.2. The Kier molecular flexibility index (Phi) is 9.06. The van der Waals surface area contributed by atoms with Crippen molar-refractivity contribution in [2.75, 3.05) is 16.5 Å². The van der Waals surface area contributed by atoms with Gasteiger partial charge in [0.25, 0.3) is 0 Å². The molecular weight excluding hydrogens is 733 g/mol. The van der Waals surface area contributed by atoms with Crippen LogP contribution in [0.4, 0.5) is 22.7 Å². The summed E-state index contributed by atoms with van der Waals surface area (Å²) in [5.41, 5.74) is 12.7. The Labute approximate surface area is 352 Å². The van der Waals surface area contributed by atoms with Gasteiger partial charge in [-0.2, -0.15) is 0 Å². The monoisotopic (exact) mass is 780 g/mol. The highest BCUT2D eigenvalue weighted by Gasteiger charge is 2.31. The topological polar surface area (TPSA) is 33.5 Å². The maximum Gasteiger partial charge on any atom is 0.137 e. The van der Waals surface area contributed by atoms with Gasteiger partial charge in [-0.05, 0) is 100.0 Å². The van der Waals surface area contributed by atoms with E-state index in [9.17, 15) is 0 Å². The fraction of sp³-hybridized carbons (Fsp3) is 0.145. The van der Waals surface area contributed by atoms with Crippen LogP contribution < -0.4 is 14.5 Å². The number of nitrogens with zero attached hydrogens (tertiary/aromatic N) is 4. The molecule has 0 spiro atoms. The maximum absolute atomic E-state index is 6.74. The first kappa shape index (κ1) is 37.2. The minimum atomic E-state index is -0.213. The molecule has 294 valence electrons. The second kappa shape index (κ2) is 14.6. The number of fused-ring (bicyclic) bond motifs is 4. The Balaban J connectivity index is 1.01. The molecule has 10 rings (SSSR count). The first-order chi connectivity index (χ1) is 29.1. The predicted molar refractivity (Wildman–Crippen MR) is 250 cm³/mol. The summed E-state index contributed by atoms with van der Waals surface area (Å²) in [4.78, 5) is 9.70. The number of rotatable bonds is 8. The standard InChI is InChI=1S/C55H48N4O/c1-54(2,3)41-29-30-56-53(34-41)59-49-24-13-12-23-47(49)48-28-27-46(36-52(48)59)60-45-22-16-21-43(35-45)57-37-58(51-26-15-14-25-50(51)57)44-32-39(38-17-8-6-9-18-38)31-42(33-44)55(4,5)40-19-10-7-11-20-40/h6-36H,37H2,1-5H3. The van der Waals surface area contributed by atoms with Crippen LogP contribution in [0.1, 0.15) is 51.3 Å². The average Bonchev–Trinajstić information content (AvgIpc) is 3.83. The lowest BCUT2D eigenvalue weighted by Gasteiger charge is -2.29. The highest BCUT2D eigenvalue weighted by Crippen LogP contribution is 2.47. The van der Waals surface area contributed by atoms with Gasteiger partial charge in [-0.3, -0.25) is 4.57 Å². The van der Waals surface area contributed by atoms with Crippen LogP contribution in [0.2, 0.25) is 0 Å². The van der Waals surface area contributed by atoms with Gasteiger partial charge < -0.3 is 14.5 Å². The summed E-state index contributed by atoms with van der Waals surface area (Å²) in [6.07, 6.45) is 1.92. The number of hydrogen-bond donors (Lipinski definition) is 0. The van der Waals surface area contributed by atoms with Crippen LogP contribution in [-0.2, 0) is 10.8 Å². The summed E-state index contributed by atoms with van der Waals surface area (Å²) in [5, 5.41) is 2.35. The number of para-hydroxylation sites is 3. The van der Waals surface area contributed by atoms with Gasteiger partial charge in [0.05, 0.1) is 22.4 Å². The number of hydrogen-bond acceptors (Lipinski definition) is 4. The van der Waals surface area contributed by atoms with Gasteiger partial charge in [-0.15, -0.1) is 0 Å². The predicted octanol–water partition coefficient (Wildman–Crippen LogP) is 14.5. The number of ether oxygens (including phenoxy) is 1. The number of aromatic nitrogens is 2. The quantitative estimate of drug-likeness (QED) is 0.154. The smallest absolute Gasteiger partial charge is 0.137 e. The van der Waals surface area contributed by atoms with Crippen molar-refractivity contribution >= 4 is 44.6 Å². The summed E-state index contributed by atoms with van der Waals surface area (Å²) in [6, 6.07) is 65.1. The number of anilines is 4. The lowest BCUT2D eigenvalue weighted by molar-refractivity contribution is 0.483. The van der Waals surface area contributed by atoms with E-state index in [0.717, 1.165) is 50.8 Å². The molecule has 0 bridgehead atoms. The average molecular weight is 781 g/mol. The molecule has 5 nitrogen and oxygen atoms in total. The summed E-state index contributed by atoms with van der Waals surface area (Å²) in [6.45, 7) is 12.0. The van der Waals surface area contributed by atoms with E-state index in [1.54, 1.807) is 0 Å². The first-order valence-corrected chi connectivity index (χ1v) is 20.8. The molecule has 0 N–H and O–H groups in total. The first-order valence-electron chi connectivity index (χ1n) is 20.8. The van der Waals surface area contributed by atoms with Crippen molar-refractivity contribution in [3.8, 4) is 28.4 Å². The molecule has 0 aliphatic carbocycles. The van der Waals surface area contributed by atoms with Gasteiger partial charge in [0.2, 0.25) is 0 Å². The zero-order valence-corrected chi connectivity index (χ0v) is 34.8. The van der Waals surface area contributed by atoms with E-state index in [0.29, 0.717) is 6.67 Å². The van der Waals surface area contributed by atoms with E-state index in [-0.39, 0.29) is 10.8 Å². The molecule has 0 saturated heterocycles. The summed E-state index contributed by atoms with van der Waals surface area (Å²) >= 11 is 0. The van der Waals surface area contributed by atoms with Crippen molar-refractivity contribution < 1.29 is 4.74 Å². The lowest BCUT2D eigenvalue weighted by atomic mass is 9.77. The Hall–Kier alpha value is -7.11. The van der Waals surface area contributed by atoms with Gasteiger partial charge in [0.15, 0.2) is 0 Å². The van der Waals surface area contributed by atoms with E-state index < -0.39 is 0 Å². The molecule has 3 heterocycles. The van der Waals surface area contributed by atoms with Gasteiger partial charge in [0.1, 0.15) is 24.0 Å². The normalized spacial score (nSPS) is 12.9. The molecular formula is C55H48N4O. The van der Waals surface area contributed by atoms with E-state index in [1.807, 2.05) is 12.3 Å². The third-order valence-corrected chi connectivity index (χ3v) is 12.2. The van der Waals surface area contributed by atoms with Crippen LogP contribution in [0.15, 0.2) is 188 Å². The fourth-order valence-electron chi connectivity index (χ4n) is 8.72. The second-order valence-electron chi connectivity index (χ2n) is 17.4. The van der Waals surface area contributed by atoms with Crippen molar-refractivity contribution in [3.63, 3.8) is 0 Å². The van der Waals surface area contributed by atoms with Gasteiger partial charge in [-0.25, -0.2) is 4.98 Å². The minimum Gasteiger partial charge on any atom is -0.457 e. The van der Waals surface area contributed by atoms with Crippen molar-refractivity contribution in [2.45, 2.75) is 45.4 Å². The third kappa shape index (κ3) is 6.66. The van der Waals surface area contributed by atoms with Crippen molar-refractivity contribution in [2.24, 2.45) is 0 Å². The maximum atomic E-state index is 6.74. The van der Waals surface area contributed by atoms with Gasteiger partial charge >= 0.3 is 0 Å². The Morgan fingerprint density at radius 1 is 0.467 bits per heavy atom. The van der Waals surface area contributed by atoms with Crippen molar-refractivity contribution in [3.05, 3.63) is 205 Å². The molecule has 5 heteroatoms. The molecule has 1 aliphatic rings. The molecule has 0 atom stereocenters. The number of benzene rings is 7. The van der Waals surface area contributed by atoms with Crippen molar-refractivity contribution in [1.82, 2.24) is 9.55 Å². The van der Waals surface area contributed by atoms with Crippen LogP contribution in [0.5, 0.6) is 11.5 Å².